The van der Waals surface area contributed by atoms with Gasteiger partial charge in [0.2, 0.25) is 0 Å². The zero-order chi connectivity index (χ0) is 7.56. The molecule has 0 radical (unpaired) electrons. The SMILES string of the molecule is O=C(O)[C@H](O)[C@H]1CCCN1. The van der Waals surface area contributed by atoms with Crippen LogP contribution in [0.25, 0.3) is 0 Å². The van der Waals surface area contributed by atoms with E-state index < -0.39 is 12.1 Å². The van der Waals surface area contributed by atoms with Crippen LogP contribution in [0.4, 0.5) is 0 Å². The number of aliphatic hydroxyl groups is 1. The Labute approximate surface area is 58.9 Å². The highest BCUT2D eigenvalue weighted by Gasteiger charge is 2.27. The topological polar surface area (TPSA) is 69.6 Å². The third kappa shape index (κ3) is 1.46. The molecule has 0 bridgehead atoms. The molecule has 3 N–H and O–H groups in total. The molecule has 1 fully saturated rings. The van der Waals surface area contributed by atoms with Gasteiger partial charge in [-0.05, 0) is 19.4 Å². The van der Waals surface area contributed by atoms with Crippen LogP contribution in [0.5, 0.6) is 0 Å². The van der Waals surface area contributed by atoms with Gasteiger partial charge in [-0.25, -0.2) is 4.79 Å². The Morgan fingerprint density at radius 3 is 2.80 bits per heavy atom. The monoisotopic (exact) mass is 145 g/mol. The molecule has 1 aliphatic heterocycles. The first kappa shape index (κ1) is 7.50. The van der Waals surface area contributed by atoms with E-state index in [0.29, 0.717) is 0 Å². The molecule has 2 atom stereocenters. The van der Waals surface area contributed by atoms with Crippen LogP contribution in [0.3, 0.4) is 0 Å². The summed E-state index contributed by atoms with van der Waals surface area (Å²) < 4.78 is 0. The minimum atomic E-state index is -1.23. The van der Waals surface area contributed by atoms with E-state index in [0.717, 1.165) is 19.4 Å². The number of hydrogen-bond acceptors (Lipinski definition) is 3. The van der Waals surface area contributed by atoms with Gasteiger partial charge in [0.25, 0.3) is 0 Å². The van der Waals surface area contributed by atoms with Crippen molar-refractivity contribution >= 4 is 5.97 Å². The van der Waals surface area contributed by atoms with Crippen molar-refractivity contribution in [3.63, 3.8) is 0 Å². The molecule has 4 heteroatoms. The number of rotatable bonds is 2. The lowest BCUT2D eigenvalue weighted by Gasteiger charge is -2.12. The predicted octanol–water partition coefficient (Wildman–Crippen LogP) is -0.816. The van der Waals surface area contributed by atoms with Gasteiger partial charge in [0, 0.05) is 6.04 Å². The molecule has 1 saturated heterocycles. The number of carboxylic acid groups (broad SMARTS) is 1. The van der Waals surface area contributed by atoms with Gasteiger partial charge in [0.1, 0.15) is 0 Å². The second-order valence-electron chi connectivity index (χ2n) is 2.49. The summed E-state index contributed by atoms with van der Waals surface area (Å²) in [6, 6.07) is -0.238. The van der Waals surface area contributed by atoms with Gasteiger partial charge in [-0.2, -0.15) is 0 Å². The Morgan fingerprint density at radius 1 is 1.70 bits per heavy atom. The molecule has 0 saturated carbocycles. The first-order valence-electron chi connectivity index (χ1n) is 3.36. The smallest absolute Gasteiger partial charge is 0.334 e. The summed E-state index contributed by atoms with van der Waals surface area (Å²) in [6.45, 7) is 0.814. The molecular weight excluding hydrogens is 134 g/mol. The average molecular weight is 145 g/mol. The van der Waals surface area contributed by atoms with Crippen LogP contribution in [0, 0.1) is 0 Å². The zero-order valence-corrected chi connectivity index (χ0v) is 5.58. The highest BCUT2D eigenvalue weighted by atomic mass is 16.4. The highest BCUT2D eigenvalue weighted by Crippen LogP contribution is 2.08. The second kappa shape index (κ2) is 2.98. The van der Waals surface area contributed by atoms with E-state index in [1.54, 1.807) is 0 Å². The molecule has 0 aromatic carbocycles. The van der Waals surface area contributed by atoms with Crippen molar-refractivity contribution in [3.8, 4) is 0 Å². The largest absolute Gasteiger partial charge is 0.479 e. The van der Waals surface area contributed by atoms with E-state index in [-0.39, 0.29) is 6.04 Å². The van der Waals surface area contributed by atoms with Crippen molar-refractivity contribution in [2.75, 3.05) is 6.54 Å². The Hall–Kier alpha value is -0.610. The molecule has 58 valence electrons. The molecule has 0 aliphatic carbocycles. The predicted molar refractivity (Wildman–Crippen MR) is 34.7 cm³/mol. The van der Waals surface area contributed by atoms with Crippen molar-refractivity contribution in [2.24, 2.45) is 0 Å². The number of nitrogens with one attached hydrogen (secondary N) is 1. The third-order valence-corrected chi connectivity index (χ3v) is 1.73. The summed E-state index contributed by atoms with van der Waals surface area (Å²) in [4.78, 5) is 10.2. The normalized spacial score (nSPS) is 28.3. The van der Waals surface area contributed by atoms with Gasteiger partial charge in [0.15, 0.2) is 6.10 Å². The van der Waals surface area contributed by atoms with Crippen LogP contribution >= 0.6 is 0 Å². The van der Waals surface area contributed by atoms with Crippen LogP contribution in [0.2, 0.25) is 0 Å². The van der Waals surface area contributed by atoms with E-state index in [1.807, 2.05) is 0 Å². The number of aliphatic hydroxyl groups excluding tert-OH is 1. The number of carbonyl (C=O) groups is 1. The van der Waals surface area contributed by atoms with Crippen LogP contribution in [-0.2, 0) is 4.79 Å². The molecule has 1 heterocycles. The van der Waals surface area contributed by atoms with E-state index in [1.165, 1.54) is 0 Å². The van der Waals surface area contributed by atoms with Gasteiger partial charge in [-0.1, -0.05) is 0 Å². The maximum Gasteiger partial charge on any atom is 0.334 e. The first-order chi connectivity index (χ1) is 4.72. The Kier molecular flexibility index (Phi) is 2.24. The highest BCUT2D eigenvalue weighted by molar-refractivity contribution is 5.72. The summed E-state index contributed by atoms with van der Waals surface area (Å²) in [6.07, 6.45) is 0.477. The number of hydrogen-bond donors (Lipinski definition) is 3. The van der Waals surface area contributed by atoms with Gasteiger partial charge in [-0.15, -0.1) is 0 Å². The second-order valence-corrected chi connectivity index (χ2v) is 2.49. The Morgan fingerprint density at radius 2 is 2.40 bits per heavy atom. The van der Waals surface area contributed by atoms with Gasteiger partial charge < -0.3 is 15.5 Å². The Bertz CT molecular complexity index is 131. The molecule has 1 rings (SSSR count). The summed E-state index contributed by atoms with van der Waals surface area (Å²) in [5.74, 6) is -1.14. The zero-order valence-electron chi connectivity index (χ0n) is 5.58. The quantitative estimate of drug-likeness (QED) is 0.475. The van der Waals surface area contributed by atoms with Crippen LogP contribution < -0.4 is 5.32 Å². The van der Waals surface area contributed by atoms with E-state index in [9.17, 15) is 4.79 Å². The van der Waals surface area contributed by atoms with Gasteiger partial charge >= 0.3 is 5.97 Å². The van der Waals surface area contributed by atoms with E-state index >= 15 is 0 Å². The molecule has 4 nitrogen and oxygen atoms in total. The molecule has 0 aromatic heterocycles. The fourth-order valence-corrected chi connectivity index (χ4v) is 1.15. The van der Waals surface area contributed by atoms with Crippen LogP contribution in [-0.4, -0.2) is 34.9 Å². The first-order valence-corrected chi connectivity index (χ1v) is 3.36. The summed E-state index contributed by atoms with van der Waals surface area (Å²) in [5.41, 5.74) is 0. The van der Waals surface area contributed by atoms with Crippen molar-refractivity contribution in [3.05, 3.63) is 0 Å². The van der Waals surface area contributed by atoms with E-state index in [4.69, 9.17) is 10.2 Å². The molecule has 0 unspecified atom stereocenters. The number of aliphatic carboxylic acids is 1. The molecule has 0 amide bonds. The fraction of sp³-hybridized carbons (Fsp3) is 0.833. The molecule has 1 aliphatic rings. The molecule has 0 aromatic rings. The van der Waals surface area contributed by atoms with E-state index in [2.05, 4.69) is 5.32 Å². The maximum atomic E-state index is 10.2. The lowest BCUT2D eigenvalue weighted by atomic mass is 10.1. The molecular formula is C6H11NO3. The van der Waals surface area contributed by atoms with Crippen LogP contribution in [0.15, 0.2) is 0 Å². The Balaban J connectivity index is 2.39. The lowest BCUT2D eigenvalue weighted by molar-refractivity contribution is -0.147. The van der Waals surface area contributed by atoms with Crippen LogP contribution in [0.1, 0.15) is 12.8 Å². The molecule has 10 heavy (non-hydrogen) atoms. The third-order valence-electron chi connectivity index (χ3n) is 1.73. The standard InChI is InChI=1S/C6H11NO3/c8-5(6(9)10)4-2-1-3-7-4/h4-5,7-8H,1-3H2,(H,9,10)/t4-,5-/m1/s1. The summed E-state index contributed by atoms with van der Waals surface area (Å²) >= 11 is 0. The lowest BCUT2D eigenvalue weighted by Crippen LogP contribution is -2.40. The van der Waals surface area contributed by atoms with Crippen molar-refractivity contribution < 1.29 is 15.0 Å². The van der Waals surface area contributed by atoms with Crippen molar-refractivity contribution in [1.29, 1.82) is 0 Å². The van der Waals surface area contributed by atoms with Crippen molar-refractivity contribution in [2.45, 2.75) is 25.0 Å². The number of carboxylic acids is 1. The van der Waals surface area contributed by atoms with Gasteiger partial charge in [-0.3, -0.25) is 0 Å². The summed E-state index contributed by atoms with van der Waals surface area (Å²) in [7, 11) is 0. The minimum Gasteiger partial charge on any atom is -0.479 e. The minimum absolute atomic E-state index is 0.238. The van der Waals surface area contributed by atoms with Gasteiger partial charge in [0.05, 0.1) is 0 Å². The maximum absolute atomic E-state index is 10.2. The van der Waals surface area contributed by atoms with Crippen molar-refractivity contribution in [1.82, 2.24) is 5.32 Å². The fourth-order valence-electron chi connectivity index (χ4n) is 1.15. The average Bonchev–Trinajstić information content (AvgIpc) is 2.36. The molecule has 0 spiro atoms. The summed E-state index contributed by atoms with van der Waals surface area (Å²) in [5, 5.41) is 20.2.